The van der Waals surface area contributed by atoms with Gasteiger partial charge in [0.2, 0.25) is 0 Å². The Morgan fingerprint density at radius 3 is 3.08 bits per heavy atom. The lowest BCUT2D eigenvalue weighted by Crippen LogP contribution is -1.92. The van der Waals surface area contributed by atoms with Gasteiger partial charge in [0.1, 0.15) is 5.82 Å². The molecule has 0 saturated heterocycles. The molecule has 4 heteroatoms. The van der Waals surface area contributed by atoms with Crippen LogP contribution in [0.4, 0.5) is 5.82 Å². The van der Waals surface area contributed by atoms with E-state index in [4.69, 9.17) is 5.73 Å². The molecule has 60 valence electrons. The largest absolute Gasteiger partial charge is 0.384 e. The van der Waals surface area contributed by atoms with Crippen LogP contribution in [0.15, 0.2) is 24.5 Å². The summed E-state index contributed by atoms with van der Waals surface area (Å²) in [6.07, 6.45) is 3.47. The quantitative estimate of drug-likeness (QED) is 0.743. The molecule has 0 aliphatic carbocycles. The van der Waals surface area contributed by atoms with Crippen molar-refractivity contribution in [1.82, 2.24) is 9.97 Å². The van der Waals surface area contributed by atoms with E-state index in [9.17, 15) is 0 Å². The van der Waals surface area contributed by atoms with Crippen molar-refractivity contribution < 1.29 is 0 Å². The highest BCUT2D eigenvalue weighted by molar-refractivity contribution is 14.1. The second-order valence-corrected chi connectivity index (χ2v) is 3.58. The van der Waals surface area contributed by atoms with Gasteiger partial charge in [0.15, 0.2) is 0 Å². The number of fused-ring (bicyclic) bond motifs is 1. The molecule has 0 saturated carbocycles. The normalized spacial score (nSPS) is 10.4. The van der Waals surface area contributed by atoms with Gasteiger partial charge in [0, 0.05) is 15.2 Å². The van der Waals surface area contributed by atoms with Gasteiger partial charge in [-0.2, -0.15) is 0 Å². The van der Waals surface area contributed by atoms with Crippen LogP contribution in [0.2, 0.25) is 0 Å². The Hall–Kier alpha value is -0.910. The van der Waals surface area contributed by atoms with Gasteiger partial charge in [0.05, 0.1) is 11.7 Å². The fourth-order valence-corrected chi connectivity index (χ4v) is 1.83. The third-order valence-corrected chi connectivity index (χ3v) is 2.47. The van der Waals surface area contributed by atoms with E-state index in [0.29, 0.717) is 5.82 Å². The molecule has 0 aliphatic rings. The summed E-state index contributed by atoms with van der Waals surface area (Å²) >= 11 is 2.24. The average Bonchev–Trinajstić information content (AvgIpc) is 2.04. The molecule has 2 aromatic rings. The number of nitrogens with zero attached hydrogens (tertiary/aromatic N) is 2. The highest BCUT2D eigenvalue weighted by Crippen LogP contribution is 2.19. The van der Waals surface area contributed by atoms with E-state index in [1.165, 1.54) is 0 Å². The van der Waals surface area contributed by atoms with Crippen LogP contribution in [-0.4, -0.2) is 9.97 Å². The van der Waals surface area contributed by atoms with E-state index in [2.05, 4.69) is 32.6 Å². The van der Waals surface area contributed by atoms with Crippen LogP contribution < -0.4 is 5.73 Å². The van der Waals surface area contributed by atoms with Gasteiger partial charge in [-0.15, -0.1) is 0 Å². The zero-order valence-corrected chi connectivity index (χ0v) is 8.32. The molecule has 2 aromatic heterocycles. The maximum atomic E-state index is 5.58. The number of hydrogen-bond acceptors (Lipinski definition) is 3. The van der Waals surface area contributed by atoms with Crippen LogP contribution >= 0.6 is 22.6 Å². The molecule has 0 atom stereocenters. The minimum absolute atomic E-state index is 0.542. The lowest BCUT2D eigenvalue weighted by Gasteiger charge is -1.99. The summed E-state index contributed by atoms with van der Waals surface area (Å²) in [6.45, 7) is 0. The summed E-state index contributed by atoms with van der Waals surface area (Å²) in [7, 11) is 0. The first-order chi connectivity index (χ1) is 5.77. The maximum absolute atomic E-state index is 5.58. The Morgan fingerprint density at radius 1 is 1.42 bits per heavy atom. The molecular weight excluding hydrogens is 265 g/mol. The number of anilines is 1. The lowest BCUT2D eigenvalue weighted by molar-refractivity contribution is 1.31. The minimum atomic E-state index is 0.542. The first-order valence-electron chi connectivity index (χ1n) is 3.43. The standard InChI is InChI=1S/C8H6IN3/c9-6-3-8(10)12-7-4-11-2-1-5(6)7/h1-4H,(H2,10,12). The summed E-state index contributed by atoms with van der Waals surface area (Å²) < 4.78 is 1.11. The van der Waals surface area contributed by atoms with Crippen LogP contribution in [0, 0.1) is 3.57 Å². The fraction of sp³-hybridized carbons (Fsp3) is 0. The second-order valence-electron chi connectivity index (χ2n) is 2.42. The van der Waals surface area contributed by atoms with Gasteiger partial charge in [-0.3, -0.25) is 4.98 Å². The van der Waals surface area contributed by atoms with Crippen molar-refractivity contribution in [1.29, 1.82) is 0 Å². The number of pyridine rings is 2. The Balaban J connectivity index is 2.89. The van der Waals surface area contributed by atoms with Gasteiger partial charge in [0.25, 0.3) is 0 Å². The van der Waals surface area contributed by atoms with E-state index in [-0.39, 0.29) is 0 Å². The Labute approximate surface area is 83.2 Å². The van der Waals surface area contributed by atoms with E-state index in [1.54, 1.807) is 12.4 Å². The van der Waals surface area contributed by atoms with Crippen molar-refractivity contribution in [2.45, 2.75) is 0 Å². The molecule has 0 bridgehead atoms. The molecular formula is C8H6IN3. The molecule has 0 amide bonds. The van der Waals surface area contributed by atoms with Crippen LogP contribution in [0.3, 0.4) is 0 Å². The van der Waals surface area contributed by atoms with Crippen LogP contribution in [-0.2, 0) is 0 Å². The molecule has 0 unspecified atom stereocenters. The summed E-state index contributed by atoms with van der Waals surface area (Å²) in [6, 6.07) is 3.78. The third-order valence-electron chi connectivity index (χ3n) is 1.58. The molecule has 2 N–H and O–H groups in total. The van der Waals surface area contributed by atoms with Crippen molar-refractivity contribution in [3.05, 3.63) is 28.1 Å². The Kier molecular flexibility index (Phi) is 1.84. The molecule has 2 rings (SSSR count). The number of halogens is 1. The van der Waals surface area contributed by atoms with Crippen LogP contribution in [0.25, 0.3) is 10.9 Å². The Bertz CT molecular complexity index is 428. The molecule has 2 heterocycles. The zero-order chi connectivity index (χ0) is 8.55. The van der Waals surface area contributed by atoms with Crippen LogP contribution in [0.1, 0.15) is 0 Å². The van der Waals surface area contributed by atoms with E-state index < -0.39 is 0 Å². The van der Waals surface area contributed by atoms with E-state index in [0.717, 1.165) is 14.5 Å². The summed E-state index contributed by atoms with van der Waals surface area (Å²) in [4.78, 5) is 8.12. The Morgan fingerprint density at radius 2 is 2.25 bits per heavy atom. The van der Waals surface area contributed by atoms with Gasteiger partial charge >= 0.3 is 0 Å². The molecule has 0 aliphatic heterocycles. The topological polar surface area (TPSA) is 51.8 Å². The molecule has 0 radical (unpaired) electrons. The monoisotopic (exact) mass is 271 g/mol. The summed E-state index contributed by atoms with van der Waals surface area (Å²) in [5.74, 6) is 0.542. The number of hydrogen-bond donors (Lipinski definition) is 1. The van der Waals surface area contributed by atoms with Crippen molar-refractivity contribution in [2.75, 3.05) is 5.73 Å². The predicted octanol–water partition coefficient (Wildman–Crippen LogP) is 1.82. The SMILES string of the molecule is Nc1cc(I)c2ccncc2n1. The minimum Gasteiger partial charge on any atom is -0.384 e. The average molecular weight is 271 g/mol. The number of rotatable bonds is 0. The molecule has 0 spiro atoms. The van der Waals surface area contributed by atoms with Gasteiger partial charge < -0.3 is 5.73 Å². The first kappa shape index (κ1) is 7.72. The molecule has 12 heavy (non-hydrogen) atoms. The molecule has 0 fully saturated rings. The van der Waals surface area contributed by atoms with Gasteiger partial charge in [-0.25, -0.2) is 4.98 Å². The van der Waals surface area contributed by atoms with Crippen molar-refractivity contribution in [2.24, 2.45) is 0 Å². The van der Waals surface area contributed by atoms with Crippen LogP contribution in [0.5, 0.6) is 0 Å². The van der Waals surface area contributed by atoms with Gasteiger partial charge in [-0.05, 0) is 34.7 Å². The first-order valence-corrected chi connectivity index (χ1v) is 4.51. The number of nitrogens with two attached hydrogens (primary N) is 1. The maximum Gasteiger partial charge on any atom is 0.125 e. The molecule has 0 aromatic carbocycles. The van der Waals surface area contributed by atoms with Crippen molar-refractivity contribution in [3.63, 3.8) is 0 Å². The number of aromatic nitrogens is 2. The predicted molar refractivity (Wildman–Crippen MR) is 56.7 cm³/mol. The summed E-state index contributed by atoms with van der Waals surface area (Å²) in [5.41, 5.74) is 6.43. The highest BCUT2D eigenvalue weighted by Gasteiger charge is 1.99. The van der Waals surface area contributed by atoms with Crippen molar-refractivity contribution >= 4 is 39.3 Å². The number of nitrogen functional groups attached to an aromatic ring is 1. The van der Waals surface area contributed by atoms with E-state index in [1.807, 2.05) is 12.1 Å². The fourth-order valence-electron chi connectivity index (χ4n) is 1.06. The lowest BCUT2D eigenvalue weighted by atomic mass is 10.3. The summed E-state index contributed by atoms with van der Waals surface area (Å²) in [5, 5.41) is 1.10. The van der Waals surface area contributed by atoms with E-state index >= 15 is 0 Å². The third kappa shape index (κ3) is 1.22. The van der Waals surface area contributed by atoms with Crippen molar-refractivity contribution in [3.8, 4) is 0 Å². The zero-order valence-electron chi connectivity index (χ0n) is 6.16. The smallest absolute Gasteiger partial charge is 0.125 e. The second kappa shape index (κ2) is 2.85. The highest BCUT2D eigenvalue weighted by atomic mass is 127. The molecule has 3 nitrogen and oxygen atoms in total. The van der Waals surface area contributed by atoms with Gasteiger partial charge in [-0.1, -0.05) is 0 Å².